The summed E-state index contributed by atoms with van der Waals surface area (Å²) in [6.45, 7) is 2.17. The minimum atomic E-state index is -0.798. The lowest BCUT2D eigenvalue weighted by Crippen LogP contribution is -2.34. The molecule has 6 heteroatoms. The van der Waals surface area contributed by atoms with Crippen molar-refractivity contribution in [2.75, 3.05) is 0 Å². The van der Waals surface area contributed by atoms with Crippen LogP contribution in [0.4, 0.5) is 0 Å². The molecule has 1 aliphatic carbocycles. The molecule has 1 rings (SSSR count). The second-order valence-corrected chi connectivity index (χ2v) is 6.26. The standard InChI is InChI=1S/C16H27NO5/c1-2-3-4-5-6-7-8-12-11-13(15(18)19)9-10-14(12)16(20)22-17-21/h12-14H,2-11H2,1H3,(H,18,19). The van der Waals surface area contributed by atoms with E-state index in [1.807, 2.05) is 0 Å². The van der Waals surface area contributed by atoms with Crippen molar-refractivity contribution in [1.29, 1.82) is 0 Å². The third-order valence-electron chi connectivity index (χ3n) is 4.69. The summed E-state index contributed by atoms with van der Waals surface area (Å²) >= 11 is 0. The van der Waals surface area contributed by atoms with Crippen molar-refractivity contribution in [1.82, 2.24) is 0 Å². The summed E-state index contributed by atoms with van der Waals surface area (Å²) < 4.78 is 0. The fourth-order valence-electron chi connectivity index (χ4n) is 3.41. The zero-order valence-corrected chi connectivity index (χ0v) is 13.3. The quantitative estimate of drug-likeness (QED) is 0.372. The zero-order valence-electron chi connectivity index (χ0n) is 13.3. The van der Waals surface area contributed by atoms with Crippen LogP contribution in [0.1, 0.15) is 71.1 Å². The number of unbranched alkanes of at least 4 members (excludes halogenated alkanes) is 5. The van der Waals surface area contributed by atoms with E-state index >= 15 is 0 Å². The maximum Gasteiger partial charge on any atom is 0.341 e. The van der Waals surface area contributed by atoms with Gasteiger partial charge in [-0.3, -0.25) is 9.63 Å². The van der Waals surface area contributed by atoms with Gasteiger partial charge in [0, 0.05) is 0 Å². The van der Waals surface area contributed by atoms with E-state index in [9.17, 15) is 14.5 Å². The van der Waals surface area contributed by atoms with Gasteiger partial charge in [-0.1, -0.05) is 45.4 Å². The lowest BCUT2D eigenvalue weighted by atomic mass is 9.72. The van der Waals surface area contributed by atoms with Crippen molar-refractivity contribution in [3.8, 4) is 0 Å². The second kappa shape index (κ2) is 10.3. The molecule has 22 heavy (non-hydrogen) atoms. The average Bonchev–Trinajstić information content (AvgIpc) is 2.50. The topological polar surface area (TPSA) is 93.0 Å². The smallest absolute Gasteiger partial charge is 0.341 e. The number of aliphatic carboxylic acids is 1. The highest BCUT2D eigenvalue weighted by atomic mass is 16.7. The minimum absolute atomic E-state index is 0.0183. The molecular formula is C16H27NO5. The third-order valence-corrected chi connectivity index (χ3v) is 4.69. The highest BCUT2D eigenvalue weighted by Crippen LogP contribution is 2.38. The Morgan fingerprint density at radius 2 is 1.82 bits per heavy atom. The monoisotopic (exact) mass is 313 g/mol. The molecule has 0 amide bonds. The number of carbonyl (C=O) groups is 2. The largest absolute Gasteiger partial charge is 0.481 e. The predicted octanol–water partition coefficient (Wildman–Crippen LogP) is 4.08. The molecule has 1 fully saturated rings. The first kappa shape index (κ1) is 18.6. The van der Waals surface area contributed by atoms with E-state index < -0.39 is 17.9 Å². The van der Waals surface area contributed by atoms with Crippen LogP contribution in [0.15, 0.2) is 5.34 Å². The lowest BCUT2D eigenvalue weighted by Gasteiger charge is -2.32. The van der Waals surface area contributed by atoms with E-state index in [1.165, 1.54) is 25.7 Å². The van der Waals surface area contributed by atoms with E-state index in [0.717, 1.165) is 19.3 Å². The number of hydrogen-bond acceptors (Lipinski definition) is 5. The first-order valence-corrected chi connectivity index (χ1v) is 8.36. The Hall–Kier alpha value is -1.46. The van der Waals surface area contributed by atoms with Crippen molar-refractivity contribution in [2.24, 2.45) is 23.1 Å². The highest BCUT2D eigenvalue weighted by Gasteiger charge is 2.38. The summed E-state index contributed by atoms with van der Waals surface area (Å²) in [5.41, 5.74) is 0. The third kappa shape index (κ3) is 6.12. The Bertz CT molecular complexity index is 372. The van der Waals surface area contributed by atoms with E-state index in [2.05, 4.69) is 17.1 Å². The van der Waals surface area contributed by atoms with Crippen molar-refractivity contribution in [3.05, 3.63) is 4.91 Å². The van der Waals surface area contributed by atoms with Gasteiger partial charge in [-0.15, -0.1) is 4.91 Å². The van der Waals surface area contributed by atoms with Crippen molar-refractivity contribution in [2.45, 2.75) is 71.1 Å². The SMILES string of the molecule is CCCCCCCCC1CC(C(=O)O)CCC1C(=O)ON=O. The molecule has 0 heterocycles. The molecule has 0 aromatic carbocycles. The fourth-order valence-corrected chi connectivity index (χ4v) is 3.41. The zero-order chi connectivity index (χ0) is 16.4. The Balaban J connectivity index is 2.47. The summed E-state index contributed by atoms with van der Waals surface area (Å²) in [7, 11) is 0. The van der Waals surface area contributed by atoms with Gasteiger partial charge < -0.3 is 5.11 Å². The van der Waals surface area contributed by atoms with Crippen molar-refractivity contribution >= 4 is 11.9 Å². The van der Waals surface area contributed by atoms with E-state index in [-0.39, 0.29) is 11.8 Å². The van der Waals surface area contributed by atoms with Crippen LogP contribution in [0.5, 0.6) is 0 Å². The summed E-state index contributed by atoms with van der Waals surface area (Å²) in [4.78, 5) is 37.3. The maximum absolute atomic E-state index is 11.8. The lowest BCUT2D eigenvalue weighted by molar-refractivity contribution is -0.156. The number of carbonyl (C=O) groups excluding carboxylic acids is 1. The van der Waals surface area contributed by atoms with Gasteiger partial charge in [0.25, 0.3) is 0 Å². The van der Waals surface area contributed by atoms with Gasteiger partial charge in [0.2, 0.25) is 0 Å². The van der Waals surface area contributed by atoms with Crippen LogP contribution < -0.4 is 0 Å². The molecule has 0 bridgehead atoms. The van der Waals surface area contributed by atoms with Crippen LogP contribution in [-0.2, 0) is 14.4 Å². The van der Waals surface area contributed by atoms with Crippen molar-refractivity contribution < 1.29 is 19.5 Å². The van der Waals surface area contributed by atoms with Crippen LogP contribution in [0.2, 0.25) is 0 Å². The highest BCUT2D eigenvalue weighted by molar-refractivity contribution is 5.74. The Kier molecular flexibility index (Phi) is 8.70. The molecular weight excluding hydrogens is 286 g/mol. The van der Waals surface area contributed by atoms with Gasteiger partial charge in [0.15, 0.2) is 5.34 Å². The van der Waals surface area contributed by atoms with Gasteiger partial charge in [-0.2, -0.15) is 0 Å². The molecule has 3 unspecified atom stereocenters. The molecule has 0 radical (unpaired) electrons. The molecule has 1 aliphatic rings. The maximum atomic E-state index is 11.8. The van der Waals surface area contributed by atoms with Gasteiger partial charge in [0.05, 0.1) is 11.8 Å². The number of nitrogens with zero attached hydrogens (tertiary/aromatic N) is 1. The van der Waals surface area contributed by atoms with Gasteiger partial charge >= 0.3 is 11.9 Å². The molecule has 1 N–H and O–H groups in total. The molecule has 126 valence electrons. The molecule has 0 aromatic rings. The molecule has 1 saturated carbocycles. The molecule has 0 aromatic heterocycles. The van der Waals surface area contributed by atoms with Crippen LogP contribution in [0.25, 0.3) is 0 Å². The summed E-state index contributed by atoms with van der Waals surface area (Å²) in [6.07, 6.45) is 9.15. The summed E-state index contributed by atoms with van der Waals surface area (Å²) in [5.74, 6) is -2.19. The average molecular weight is 313 g/mol. The number of carboxylic acid groups (broad SMARTS) is 1. The molecule has 0 aliphatic heterocycles. The molecule has 0 spiro atoms. The van der Waals surface area contributed by atoms with Gasteiger partial charge in [-0.25, -0.2) is 4.79 Å². The molecule has 3 atom stereocenters. The van der Waals surface area contributed by atoms with Crippen LogP contribution in [0, 0.1) is 22.7 Å². The van der Waals surface area contributed by atoms with E-state index in [4.69, 9.17) is 5.11 Å². The van der Waals surface area contributed by atoms with Crippen LogP contribution in [-0.4, -0.2) is 17.0 Å². The van der Waals surface area contributed by atoms with E-state index in [0.29, 0.717) is 19.3 Å². The molecule has 6 nitrogen and oxygen atoms in total. The van der Waals surface area contributed by atoms with Crippen molar-refractivity contribution in [3.63, 3.8) is 0 Å². The van der Waals surface area contributed by atoms with Crippen LogP contribution in [0.3, 0.4) is 0 Å². The summed E-state index contributed by atoms with van der Waals surface area (Å²) in [6, 6.07) is 0. The number of carboxylic acids is 1. The van der Waals surface area contributed by atoms with Crippen LogP contribution >= 0.6 is 0 Å². The fraction of sp³-hybridized carbons (Fsp3) is 0.875. The van der Waals surface area contributed by atoms with Gasteiger partial charge in [-0.05, 0) is 31.6 Å². The first-order chi connectivity index (χ1) is 10.6. The molecule has 0 saturated heterocycles. The first-order valence-electron chi connectivity index (χ1n) is 8.36. The number of rotatable bonds is 10. The van der Waals surface area contributed by atoms with E-state index in [1.54, 1.807) is 0 Å². The Morgan fingerprint density at radius 1 is 1.14 bits per heavy atom. The Labute approximate surface area is 131 Å². The Morgan fingerprint density at radius 3 is 2.45 bits per heavy atom. The minimum Gasteiger partial charge on any atom is -0.481 e. The normalized spacial score (nSPS) is 24.7. The van der Waals surface area contributed by atoms with Gasteiger partial charge in [0.1, 0.15) is 0 Å². The number of hydrogen-bond donors (Lipinski definition) is 1. The second-order valence-electron chi connectivity index (χ2n) is 6.26. The predicted molar refractivity (Wildman–Crippen MR) is 81.8 cm³/mol. The summed E-state index contributed by atoms with van der Waals surface area (Å²) in [5, 5.41) is 11.4.